The molecule has 0 aliphatic rings. The van der Waals surface area contributed by atoms with Crippen LogP contribution in [-0.4, -0.2) is 24.5 Å². The smallest absolute Gasteiger partial charge is 0.325 e. The van der Waals surface area contributed by atoms with Gasteiger partial charge in [0.25, 0.3) is 0 Å². The number of rotatable bonds is 6. The van der Waals surface area contributed by atoms with Crippen molar-refractivity contribution in [1.29, 1.82) is 0 Å². The highest BCUT2D eigenvalue weighted by atomic mass is 35.5. The van der Waals surface area contributed by atoms with Crippen molar-refractivity contribution in [3.63, 3.8) is 0 Å². The topological polar surface area (TPSA) is 55.4 Å². The second kappa shape index (κ2) is 8.66. The minimum atomic E-state index is -0.455. The van der Waals surface area contributed by atoms with Crippen molar-refractivity contribution >= 4 is 40.9 Å². The largest absolute Gasteiger partial charge is 0.462 e. The third kappa shape index (κ3) is 5.51. The maximum Gasteiger partial charge on any atom is 0.325 e. The van der Waals surface area contributed by atoms with Crippen LogP contribution in [0.4, 0.5) is 0 Å². The molecule has 0 fully saturated rings. The quantitative estimate of drug-likeness (QED) is 0.619. The van der Waals surface area contributed by atoms with E-state index in [-0.39, 0.29) is 18.6 Å². The van der Waals surface area contributed by atoms with Crippen molar-refractivity contribution in [2.45, 2.75) is 20.0 Å². The molecule has 0 bridgehead atoms. The maximum atomic E-state index is 11.7. The Morgan fingerprint density at radius 1 is 1.25 bits per heavy atom. The summed E-state index contributed by atoms with van der Waals surface area (Å²) >= 11 is 7.72. The lowest BCUT2D eigenvalue weighted by Crippen LogP contribution is -2.30. The van der Waals surface area contributed by atoms with Crippen LogP contribution in [0.2, 0.25) is 5.02 Å². The Kier molecular flexibility index (Phi) is 6.58. The molecular weight excluding hydrogens is 346 g/mol. The fourth-order valence-corrected chi connectivity index (χ4v) is 3.17. The summed E-state index contributed by atoms with van der Waals surface area (Å²) in [6.45, 7) is 3.37. The molecule has 6 heteroatoms. The summed E-state index contributed by atoms with van der Waals surface area (Å²) in [5, 5.41) is 3.18. The molecule has 1 N–H and O–H groups in total. The van der Waals surface area contributed by atoms with Crippen molar-refractivity contribution in [3.05, 3.63) is 52.4 Å². The zero-order valence-corrected chi connectivity index (χ0v) is 15.0. The first kappa shape index (κ1) is 18.2. The number of ether oxygens (including phenoxy) is 1. The molecule has 2 rings (SSSR count). The average Bonchev–Trinajstić information content (AvgIpc) is 2.99. The molecule has 1 amide bonds. The van der Waals surface area contributed by atoms with Gasteiger partial charge in [-0.25, -0.2) is 0 Å². The monoisotopic (exact) mass is 363 g/mol. The van der Waals surface area contributed by atoms with Crippen LogP contribution in [-0.2, 0) is 14.3 Å². The van der Waals surface area contributed by atoms with Crippen LogP contribution in [0.25, 0.3) is 16.5 Å². The van der Waals surface area contributed by atoms with Gasteiger partial charge in [-0.05, 0) is 38.1 Å². The van der Waals surface area contributed by atoms with E-state index in [0.29, 0.717) is 5.02 Å². The van der Waals surface area contributed by atoms with E-state index in [1.807, 2.05) is 36.4 Å². The van der Waals surface area contributed by atoms with E-state index < -0.39 is 5.97 Å². The molecule has 0 radical (unpaired) electrons. The van der Waals surface area contributed by atoms with Crippen LogP contribution in [0.1, 0.15) is 18.7 Å². The second-order valence-corrected chi connectivity index (χ2v) is 6.79. The van der Waals surface area contributed by atoms with E-state index in [1.54, 1.807) is 19.9 Å². The summed E-state index contributed by atoms with van der Waals surface area (Å²) in [4.78, 5) is 25.0. The summed E-state index contributed by atoms with van der Waals surface area (Å²) in [5.41, 5.74) is 0.963. The lowest BCUT2D eigenvalue weighted by Gasteiger charge is -2.07. The number of benzene rings is 1. The number of thiophene rings is 1. The molecule has 1 aromatic heterocycles. The van der Waals surface area contributed by atoms with Gasteiger partial charge in [0.2, 0.25) is 5.91 Å². The lowest BCUT2D eigenvalue weighted by molar-refractivity contribution is -0.147. The minimum Gasteiger partial charge on any atom is -0.462 e. The normalized spacial score (nSPS) is 11.0. The first-order valence-corrected chi connectivity index (χ1v) is 8.65. The highest BCUT2D eigenvalue weighted by molar-refractivity contribution is 7.16. The predicted molar refractivity (Wildman–Crippen MR) is 98.0 cm³/mol. The molecule has 4 nitrogen and oxygen atoms in total. The van der Waals surface area contributed by atoms with Crippen molar-refractivity contribution < 1.29 is 14.3 Å². The molecular formula is C18H18ClNO3S. The maximum absolute atomic E-state index is 11.7. The first-order chi connectivity index (χ1) is 11.5. The van der Waals surface area contributed by atoms with Crippen LogP contribution >= 0.6 is 22.9 Å². The van der Waals surface area contributed by atoms with Gasteiger partial charge in [-0.3, -0.25) is 9.59 Å². The zero-order valence-electron chi connectivity index (χ0n) is 13.4. The Bertz CT molecular complexity index is 752. The van der Waals surface area contributed by atoms with Gasteiger partial charge in [-0.2, -0.15) is 0 Å². The van der Waals surface area contributed by atoms with E-state index >= 15 is 0 Å². The zero-order chi connectivity index (χ0) is 17.5. The van der Waals surface area contributed by atoms with Gasteiger partial charge < -0.3 is 10.1 Å². The SMILES string of the molecule is CC(C)OC(=O)CNC(=O)/C=C/c1ccc(-c2ccccc2Cl)s1. The molecule has 1 heterocycles. The van der Waals surface area contributed by atoms with E-state index in [4.69, 9.17) is 16.3 Å². The molecule has 0 saturated heterocycles. The van der Waals surface area contributed by atoms with Gasteiger partial charge in [0.15, 0.2) is 0 Å². The molecule has 0 aliphatic carbocycles. The summed E-state index contributed by atoms with van der Waals surface area (Å²) in [6, 6.07) is 11.5. The third-order valence-electron chi connectivity index (χ3n) is 2.94. The van der Waals surface area contributed by atoms with Crippen LogP contribution in [0.15, 0.2) is 42.5 Å². The van der Waals surface area contributed by atoms with Crippen molar-refractivity contribution in [2.24, 2.45) is 0 Å². The fourth-order valence-electron chi connectivity index (χ4n) is 1.93. The van der Waals surface area contributed by atoms with E-state index in [9.17, 15) is 9.59 Å². The van der Waals surface area contributed by atoms with Gasteiger partial charge in [0.1, 0.15) is 6.54 Å². The van der Waals surface area contributed by atoms with Crippen LogP contribution < -0.4 is 5.32 Å². The van der Waals surface area contributed by atoms with Crippen molar-refractivity contribution in [2.75, 3.05) is 6.54 Å². The highest BCUT2D eigenvalue weighted by Gasteiger charge is 2.07. The fraction of sp³-hybridized carbons (Fsp3) is 0.222. The van der Waals surface area contributed by atoms with Crippen LogP contribution in [0, 0.1) is 0 Å². The van der Waals surface area contributed by atoms with Gasteiger partial charge in [0, 0.05) is 26.4 Å². The number of carbonyl (C=O) groups excluding carboxylic acids is 2. The lowest BCUT2D eigenvalue weighted by atomic mass is 10.2. The number of amides is 1. The second-order valence-electron chi connectivity index (χ2n) is 5.27. The molecule has 0 atom stereocenters. The minimum absolute atomic E-state index is 0.142. The predicted octanol–water partition coefficient (Wildman–Crippen LogP) is 4.15. The Morgan fingerprint density at radius 3 is 2.71 bits per heavy atom. The van der Waals surface area contributed by atoms with Crippen molar-refractivity contribution in [3.8, 4) is 10.4 Å². The number of hydrogen-bond acceptors (Lipinski definition) is 4. The van der Waals surface area contributed by atoms with Gasteiger partial charge in [0.05, 0.1) is 6.10 Å². The van der Waals surface area contributed by atoms with E-state index in [1.165, 1.54) is 17.4 Å². The van der Waals surface area contributed by atoms with E-state index in [2.05, 4.69) is 5.32 Å². The molecule has 24 heavy (non-hydrogen) atoms. The molecule has 1 aromatic carbocycles. The van der Waals surface area contributed by atoms with Crippen molar-refractivity contribution in [1.82, 2.24) is 5.32 Å². The number of halogens is 1. The summed E-state index contributed by atoms with van der Waals surface area (Å²) in [6.07, 6.45) is 2.90. The molecule has 0 aliphatic heterocycles. The van der Waals surface area contributed by atoms with Gasteiger partial charge in [-0.1, -0.05) is 29.8 Å². The highest BCUT2D eigenvalue weighted by Crippen LogP contribution is 2.33. The number of hydrogen-bond donors (Lipinski definition) is 1. The summed E-state index contributed by atoms with van der Waals surface area (Å²) in [7, 11) is 0. The Hall–Kier alpha value is -2.11. The van der Waals surface area contributed by atoms with E-state index in [0.717, 1.165) is 15.3 Å². The molecule has 2 aromatic rings. The summed E-state index contributed by atoms with van der Waals surface area (Å²) in [5.74, 6) is -0.799. The molecule has 126 valence electrons. The summed E-state index contributed by atoms with van der Waals surface area (Å²) < 4.78 is 4.94. The third-order valence-corrected chi connectivity index (χ3v) is 4.35. The molecule has 0 spiro atoms. The Morgan fingerprint density at radius 2 is 2.00 bits per heavy atom. The van der Waals surface area contributed by atoms with Crippen LogP contribution in [0.3, 0.4) is 0 Å². The average molecular weight is 364 g/mol. The number of nitrogens with one attached hydrogen (secondary N) is 1. The Labute approximate surface area is 150 Å². The first-order valence-electron chi connectivity index (χ1n) is 7.46. The molecule has 0 unspecified atom stereocenters. The van der Waals surface area contributed by atoms with Gasteiger partial charge >= 0.3 is 5.97 Å². The number of esters is 1. The Balaban J connectivity index is 1.92. The standard InChI is InChI=1S/C18H18ClNO3S/c1-12(2)23-18(22)11-20-17(21)10-8-13-7-9-16(24-13)14-5-3-4-6-15(14)19/h3-10,12H,11H2,1-2H3,(H,20,21)/b10-8+. The van der Waals surface area contributed by atoms with Crippen LogP contribution in [0.5, 0.6) is 0 Å². The number of carbonyl (C=O) groups is 2. The molecule has 0 saturated carbocycles. The van der Waals surface area contributed by atoms with Gasteiger partial charge in [-0.15, -0.1) is 11.3 Å².